The maximum atomic E-state index is 4.75. The lowest BCUT2D eigenvalue weighted by Gasteiger charge is -2.35. The Morgan fingerprint density at radius 1 is 1.19 bits per heavy atom. The molecule has 0 radical (unpaired) electrons. The molecule has 0 unspecified atom stereocenters. The van der Waals surface area contributed by atoms with Crippen LogP contribution in [-0.4, -0.2) is 54.1 Å². The second-order valence-electron chi connectivity index (χ2n) is 6.28. The minimum absolute atomic E-state index is 0.816. The molecule has 0 bridgehead atoms. The van der Waals surface area contributed by atoms with Gasteiger partial charge in [0, 0.05) is 45.5 Å². The van der Waals surface area contributed by atoms with Gasteiger partial charge in [0.05, 0.1) is 11.9 Å². The summed E-state index contributed by atoms with van der Waals surface area (Å²) < 4.78 is 0. The number of nitrogens with one attached hydrogen (secondary N) is 1. The predicted octanol–water partition coefficient (Wildman–Crippen LogP) is 1.51. The highest BCUT2D eigenvalue weighted by molar-refractivity contribution is 5.37. The molecule has 1 N–H and O–H groups in total. The third-order valence-corrected chi connectivity index (χ3v) is 4.31. The number of hydrogen-bond donors (Lipinski definition) is 1. The summed E-state index contributed by atoms with van der Waals surface area (Å²) in [5, 5.41) is 3.39. The van der Waals surface area contributed by atoms with Crippen LogP contribution in [0.15, 0.2) is 12.4 Å². The average molecular weight is 289 g/mol. The molecular formula is C16H27N5. The van der Waals surface area contributed by atoms with Gasteiger partial charge in [0.2, 0.25) is 0 Å². The Morgan fingerprint density at radius 3 is 2.71 bits per heavy atom. The Labute approximate surface area is 127 Å². The zero-order chi connectivity index (χ0) is 14.5. The maximum absolute atomic E-state index is 4.75. The van der Waals surface area contributed by atoms with Crippen LogP contribution in [0, 0.1) is 5.92 Å². The SMILES string of the molecule is CCCNCc1cncc(N2CCN(CC3CC3)CC2)n1. The van der Waals surface area contributed by atoms with E-state index in [1.807, 2.05) is 12.4 Å². The molecule has 5 nitrogen and oxygen atoms in total. The van der Waals surface area contributed by atoms with E-state index >= 15 is 0 Å². The third kappa shape index (κ3) is 4.38. The van der Waals surface area contributed by atoms with E-state index in [0.29, 0.717) is 0 Å². The molecule has 21 heavy (non-hydrogen) atoms. The Kier molecular flexibility index (Phi) is 5.04. The molecule has 1 aromatic heterocycles. The molecule has 1 aliphatic heterocycles. The molecule has 1 aliphatic carbocycles. The molecule has 5 heteroatoms. The summed E-state index contributed by atoms with van der Waals surface area (Å²) in [6, 6.07) is 0. The van der Waals surface area contributed by atoms with Crippen molar-refractivity contribution in [1.82, 2.24) is 20.2 Å². The lowest BCUT2D eigenvalue weighted by molar-refractivity contribution is 0.247. The van der Waals surface area contributed by atoms with E-state index in [1.165, 1.54) is 19.4 Å². The average Bonchev–Trinajstić information content (AvgIpc) is 3.33. The first-order valence-corrected chi connectivity index (χ1v) is 8.34. The lowest BCUT2D eigenvalue weighted by atomic mass is 10.3. The minimum atomic E-state index is 0.816. The Hall–Kier alpha value is -1.20. The van der Waals surface area contributed by atoms with Crippen LogP contribution in [0.25, 0.3) is 0 Å². The summed E-state index contributed by atoms with van der Waals surface area (Å²) in [7, 11) is 0. The van der Waals surface area contributed by atoms with Gasteiger partial charge < -0.3 is 10.2 Å². The Balaban J connectivity index is 1.50. The van der Waals surface area contributed by atoms with Crippen molar-refractivity contribution in [3.8, 4) is 0 Å². The zero-order valence-electron chi connectivity index (χ0n) is 13.1. The highest BCUT2D eigenvalue weighted by Gasteiger charge is 2.26. The van der Waals surface area contributed by atoms with Crippen molar-refractivity contribution in [2.24, 2.45) is 5.92 Å². The van der Waals surface area contributed by atoms with E-state index in [1.54, 1.807) is 0 Å². The van der Waals surface area contributed by atoms with E-state index in [4.69, 9.17) is 4.98 Å². The number of piperazine rings is 1. The number of aromatic nitrogens is 2. The smallest absolute Gasteiger partial charge is 0.147 e. The van der Waals surface area contributed by atoms with Gasteiger partial charge in [0.25, 0.3) is 0 Å². The molecule has 3 rings (SSSR count). The van der Waals surface area contributed by atoms with Gasteiger partial charge in [-0.15, -0.1) is 0 Å². The van der Waals surface area contributed by atoms with Crippen LogP contribution >= 0.6 is 0 Å². The van der Waals surface area contributed by atoms with Gasteiger partial charge >= 0.3 is 0 Å². The van der Waals surface area contributed by atoms with Gasteiger partial charge in [-0.3, -0.25) is 9.88 Å². The van der Waals surface area contributed by atoms with E-state index in [9.17, 15) is 0 Å². The second kappa shape index (κ2) is 7.18. The summed E-state index contributed by atoms with van der Waals surface area (Å²) in [5.74, 6) is 2.03. The van der Waals surface area contributed by atoms with Crippen LogP contribution in [0.2, 0.25) is 0 Å². The monoisotopic (exact) mass is 289 g/mol. The van der Waals surface area contributed by atoms with Crippen LogP contribution in [-0.2, 0) is 6.54 Å². The molecule has 0 atom stereocenters. The maximum Gasteiger partial charge on any atom is 0.147 e. The van der Waals surface area contributed by atoms with Crippen LogP contribution in [0.3, 0.4) is 0 Å². The first-order chi connectivity index (χ1) is 10.3. The summed E-state index contributed by atoms with van der Waals surface area (Å²) >= 11 is 0. The molecular weight excluding hydrogens is 262 g/mol. The first-order valence-electron chi connectivity index (χ1n) is 8.34. The fourth-order valence-corrected chi connectivity index (χ4v) is 2.85. The van der Waals surface area contributed by atoms with Crippen LogP contribution < -0.4 is 10.2 Å². The number of rotatable bonds is 7. The van der Waals surface area contributed by atoms with Gasteiger partial charge in [-0.2, -0.15) is 0 Å². The number of anilines is 1. The molecule has 116 valence electrons. The predicted molar refractivity (Wildman–Crippen MR) is 85.4 cm³/mol. The van der Waals surface area contributed by atoms with Crippen LogP contribution in [0.4, 0.5) is 5.82 Å². The van der Waals surface area contributed by atoms with Gasteiger partial charge in [0.15, 0.2) is 0 Å². The molecule has 1 saturated heterocycles. The van der Waals surface area contributed by atoms with Crippen molar-refractivity contribution in [1.29, 1.82) is 0 Å². The zero-order valence-corrected chi connectivity index (χ0v) is 13.1. The van der Waals surface area contributed by atoms with Crippen molar-refractivity contribution >= 4 is 5.82 Å². The van der Waals surface area contributed by atoms with Crippen molar-refractivity contribution in [2.75, 3.05) is 44.2 Å². The van der Waals surface area contributed by atoms with Gasteiger partial charge in [0.1, 0.15) is 5.82 Å². The van der Waals surface area contributed by atoms with Crippen molar-refractivity contribution in [2.45, 2.75) is 32.7 Å². The van der Waals surface area contributed by atoms with Crippen molar-refractivity contribution in [3.05, 3.63) is 18.1 Å². The molecule has 2 heterocycles. The van der Waals surface area contributed by atoms with Crippen molar-refractivity contribution in [3.63, 3.8) is 0 Å². The fourth-order valence-electron chi connectivity index (χ4n) is 2.85. The first kappa shape index (κ1) is 14.7. The summed E-state index contributed by atoms with van der Waals surface area (Å²) in [5.41, 5.74) is 1.04. The molecule has 0 amide bonds. The highest BCUT2D eigenvalue weighted by Crippen LogP contribution is 2.30. The molecule has 1 aromatic rings. The highest BCUT2D eigenvalue weighted by atomic mass is 15.3. The molecule has 0 aromatic carbocycles. The van der Waals surface area contributed by atoms with E-state index in [0.717, 1.165) is 63.1 Å². The topological polar surface area (TPSA) is 44.3 Å². The van der Waals surface area contributed by atoms with Gasteiger partial charge in [-0.1, -0.05) is 6.92 Å². The van der Waals surface area contributed by atoms with E-state index < -0.39 is 0 Å². The standard InChI is InChI=1S/C16H27N5/c1-2-5-17-10-15-11-18-12-16(19-15)21-8-6-20(7-9-21)13-14-3-4-14/h11-12,14,17H,2-10,13H2,1H3. The summed E-state index contributed by atoms with van der Waals surface area (Å²) in [4.78, 5) is 14.1. The Morgan fingerprint density at radius 2 is 2.00 bits per heavy atom. The normalized spacial score (nSPS) is 20.0. The minimum Gasteiger partial charge on any atom is -0.353 e. The second-order valence-corrected chi connectivity index (χ2v) is 6.28. The lowest BCUT2D eigenvalue weighted by Crippen LogP contribution is -2.47. The molecule has 2 aliphatic rings. The molecule has 1 saturated carbocycles. The van der Waals surface area contributed by atoms with Crippen molar-refractivity contribution < 1.29 is 0 Å². The van der Waals surface area contributed by atoms with E-state index in [-0.39, 0.29) is 0 Å². The number of nitrogens with zero attached hydrogens (tertiary/aromatic N) is 4. The Bertz CT molecular complexity index is 438. The largest absolute Gasteiger partial charge is 0.353 e. The number of hydrogen-bond acceptors (Lipinski definition) is 5. The summed E-state index contributed by atoms with van der Waals surface area (Å²) in [6.45, 7) is 9.81. The summed E-state index contributed by atoms with van der Waals surface area (Å²) in [6.07, 6.45) is 7.81. The van der Waals surface area contributed by atoms with Crippen LogP contribution in [0.1, 0.15) is 31.9 Å². The quantitative estimate of drug-likeness (QED) is 0.771. The fraction of sp³-hybridized carbons (Fsp3) is 0.750. The van der Waals surface area contributed by atoms with E-state index in [2.05, 4.69) is 27.0 Å². The van der Waals surface area contributed by atoms with Gasteiger partial charge in [-0.25, -0.2) is 4.98 Å². The molecule has 2 fully saturated rings. The van der Waals surface area contributed by atoms with Gasteiger partial charge in [-0.05, 0) is 31.7 Å². The van der Waals surface area contributed by atoms with Crippen LogP contribution in [0.5, 0.6) is 0 Å². The molecule has 0 spiro atoms. The third-order valence-electron chi connectivity index (χ3n) is 4.31.